The summed E-state index contributed by atoms with van der Waals surface area (Å²) in [6, 6.07) is 21.0. The van der Waals surface area contributed by atoms with Gasteiger partial charge in [0.05, 0.1) is 6.42 Å². The molecule has 0 fully saturated rings. The van der Waals surface area contributed by atoms with E-state index in [4.69, 9.17) is 16.0 Å². The van der Waals surface area contributed by atoms with E-state index in [0.29, 0.717) is 27.7 Å². The summed E-state index contributed by atoms with van der Waals surface area (Å²) in [6.07, 6.45) is 0.277. The summed E-state index contributed by atoms with van der Waals surface area (Å²) < 4.78 is 5.91. The number of rotatable bonds is 4. The van der Waals surface area contributed by atoms with E-state index in [1.807, 2.05) is 42.5 Å². The molecule has 0 atom stereocenters. The second-order valence-electron chi connectivity index (χ2n) is 8.38. The van der Waals surface area contributed by atoms with Crippen molar-refractivity contribution in [2.24, 2.45) is 0 Å². The smallest absolute Gasteiger partial charge is 0.228 e. The van der Waals surface area contributed by atoms with E-state index in [1.54, 1.807) is 12.1 Å². The molecule has 4 rings (SSSR count). The third-order valence-electron chi connectivity index (χ3n) is 4.95. The number of halogens is 1. The van der Waals surface area contributed by atoms with Crippen molar-refractivity contribution >= 4 is 34.3 Å². The fraction of sp³-hybridized carbons (Fsp3) is 0.200. The van der Waals surface area contributed by atoms with Crippen molar-refractivity contribution in [3.05, 3.63) is 82.9 Å². The predicted octanol–water partition coefficient (Wildman–Crippen LogP) is 6.63. The number of fused-ring (bicyclic) bond motifs is 1. The standard InChI is InChI=1S/C25H23ClN2O2/c1-25(2,3)18-8-6-17(7-9-18)24-28-21-15-20(12-13-22(21)30-24)27-23(29)14-16-4-10-19(26)11-5-16/h4-13,15H,14H2,1-3H3,(H,27,29). The maximum absolute atomic E-state index is 12.4. The molecule has 0 saturated heterocycles. The summed E-state index contributed by atoms with van der Waals surface area (Å²) in [4.78, 5) is 17.0. The number of aromatic nitrogens is 1. The van der Waals surface area contributed by atoms with Crippen LogP contribution >= 0.6 is 11.6 Å². The number of nitrogens with zero attached hydrogens (tertiary/aromatic N) is 1. The Morgan fingerprint density at radius 3 is 2.37 bits per heavy atom. The summed E-state index contributed by atoms with van der Waals surface area (Å²) in [5.74, 6) is 0.466. The van der Waals surface area contributed by atoms with Gasteiger partial charge in [-0.25, -0.2) is 4.98 Å². The second-order valence-corrected chi connectivity index (χ2v) is 8.82. The van der Waals surface area contributed by atoms with E-state index in [0.717, 1.165) is 11.1 Å². The first-order chi connectivity index (χ1) is 14.3. The SMILES string of the molecule is CC(C)(C)c1ccc(-c2nc3cc(NC(=O)Cc4ccc(Cl)cc4)ccc3o2)cc1. The normalized spacial score (nSPS) is 11.6. The molecule has 0 aliphatic rings. The van der Waals surface area contributed by atoms with Gasteiger partial charge in [-0.2, -0.15) is 0 Å². The molecule has 0 aliphatic carbocycles. The summed E-state index contributed by atoms with van der Waals surface area (Å²) in [5, 5.41) is 3.57. The number of carbonyl (C=O) groups excluding carboxylic acids is 1. The number of oxazole rings is 1. The fourth-order valence-corrected chi connectivity index (χ4v) is 3.36. The largest absolute Gasteiger partial charge is 0.436 e. The molecule has 3 aromatic carbocycles. The molecule has 0 saturated carbocycles. The van der Waals surface area contributed by atoms with Gasteiger partial charge < -0.3 is 9.73 Å². The van der Waals surface area contributed by atoms with Gasteiger partial charge in [0.1, 0.15) is 5.52 Å². The number of hydrogen-bond acceptors (Lipinski definition) is 3. The Balaban J connectivity index is 1.51. The van der Waals surface area contributed by atoms with Crippen LogP contribution in [-0.2, 0) is 16.6 Å². The van der Waals surface area contributed by atoms with Gasteiger partial charge in [0.2, 0.25) is 11.8 Å². The Hall–Kier alpha value is -3.11. The van der Waals surface area contributed by atoms with Crippen LogP contribution in [0.1, 0.15) is 31.9 Å². The summed E-state index contributed by atoms with van der Waals surface area (Å²) >= 11 is 5.89. The molecule has 0 bridgehead atoms. The van der Waals surface area contributed by atoms with Crippen molar-refractivity contribution in [1.29, 1.82) is 0 Å². The van der Waals surface area contributed by atoms with Crippen LogP contribution in [0.15, 0.2) is 71.1 Å². The number of hydrogen-bond donors (Lipinski definition) is 1. The monoisotopic (exact) mass is 418 g/mol. The van der Waals surface area contributed by atoms with E-state index in [-0.39, 0.29) is 17.7 Å². The third kappa shape index (κ3) is 4.55. The molecule has 0 spiro atoms. The Labute approximate surface area is 180 Å². The quantitative estimate of drug-likeness (QED) is 0.404. The van der Waals surface area contributed by atoms with Gasteiger partial charge in [0.15, 0.2) is 5.58 Å². The Morgan fingerprint density at radius 1 is 1.00 bits per heavy atom. The average molecular weight is 419 g/mol. The third-order valence-corrected chi connectivity index (χ3v) is 5.20. The van der Waals surface area contributed by atoms with Crippen LogP contribution < -0.4 is 5.32 Å². The Morgan fingerprint density at radius 2 is 1.70 bits per heavy atom. The van der Waals surface area contributed by atoms with Gasteiger partial charge in [-0.15, -0.1) is 0 Å². The molecule has 1 heterocycles. The molecule has 1 amide bonds. The van der Waals surface area contributed by atoms with Crippen molar-refractivity contribution in [3.8, 4) is 11.5 Å². The first-order valence-electron chi connectivity index (χ1n) is 9.84. The zero-order valence-electron chi connectivity index (χ0n) is 17.2. The van der Waals surface area contributed by atoms with Crippen molar-refractivity contribution in [1.82, 2.24) is 4.98 Å². The first-order valence-corrected chi connectivity index (χ1v) is 10.2. The minimum atomic E-state index is -0.0989. The lowest BCUT2D eigenvalue weighted by Crippen LogP contribution is -2.14. The van der Waals surface area contributed by atoms with Crippen LogP contribution in [0.5, 0.6) is 0 Å². The molecule has 5 heteroatoms. The van der Waals surface area contributed by atoms with Crippen LogP contribution in [0.3, 0.4) is 0 Å². The van der Waals surface area contributed by atoms with Crippen LogP contribution in [0, 0.1) is 0 Å². The highest BCUT2D eigenvalue weighted by Gasteiger charge is 2.15. The van der Waals surface area contributed by atoms with Gasteiger partial charge in [-0.05, 0) is 59.0 Å². The molecular weight excluding hydrogens is 396 g/mol. The molecule has 0 radical (unpaired) electrons. The molecule has 30 heavy (non-hydrogen) atoms. The number of nitrogens with one attached hydrogen (secondary N) is 1. The number of anilines is 1. The minimum Gasteiger partial charge on any atom is -0.436 e. The van der Waals surface area contributed by atoms with E-state index in [2.05, 4.69) is 43.2 Å². The zero-order chi connectivity index (χ0) is 21.3. The Bertz CT molecular complexity index is 1190. The van der Waals surface area contributed by atoms with E-state index in [1.165, 1.54) is 5.56 Å². The van der Waals surface area contributed by atoms with Crippen molar-refractivity contribution in [2.75, 3.05) is 5.32 Å². The molecule has 4 nitrogen and oxygen atoms in total. The summed E-state index contributed by atoms with van der Waals surface area (Å²) in [6.45, 7) is 6.55. The van der Waals surface area contributed by atoms with Crippen LogP contribution in [-0.4, -0.2) is 10.9 Å². The fourth-order valence-electron chi connectivity index (χ4n) is 3.23. The molecular formula is C25H23ClN2O2. The molecule has 0 unspecified atom stereocenters. The van der Waals surface area contributed by atoms with Gasteiger partial charge >= 0.3 is 0 Å². The van der Waals surface area contributed by atoms with E-state index < -0.39 is 0 Å². The molecule has 1 aromatic heterocycles. The molecule has 4 aromatic rings. The molecule has 0 aliphatic heterocycles. The van der Waals surface area contributed by atoms with Crippen LogP contribution in [0.2, 0.25) is 5.02 Å². The van der Waals surface area contributed by atoms with Gasteiger partial charge in [-0.1, -0.05) is 56.6 Å². The average Bonchev–Trinajstić information content (AvgIpc) is 3.12. The van der Waals surface area contributed by atoms with Crippen molar-refractivity contribution in [2.45, 2.75) is 32.6 Å². The first kappa shape index (κ1) is 20.2. The predicted molar refractivity (Wildman–Crippen MR) is 122 cm³/mol. The van der Waals surface area contributed by atoms with Crippen molar-refractivity contribution < 1.29 is 9.21 Å². The topological polar surface area (TPSA) is 55.1 Å². The zero-order valence-corrected chi connectivity index (χ0v) is 18.0. The number of amides is 1. The lowest BCUT2D eigenvalue weighted by atomic mass is 9.87. The summed E-state index contributed by atoms with van der Waals surface area (Å²) in [5.41, 5.74) is 5.25. The van der Waals surface area contributed by atoms with Crippen LogP contribution in [0.4, 0.5) is 5.69 Å². The van der Waals surface area contributed by atoms with E-state index >= 15 is 0 Å². The van der Waals surface area contributed by atoms with Gasteiger partial charge in [0.25, 0.3) is 0 Å². The summed E-state index contributed by atoms with van der Waals surface area (Å²) in [7, 11) is 0. The highest BCUT2D eigenvalue weighted by molar-refractivity contribution is 6.30. The highest BCUT2D eigenvalue weighted by Crippen LogP contribution is 2.29. The van der Waals surface area contributed by atoms with Gasteiger partial charge in [-0.3, -0.25) is 4.79 Å². The molecule has 152 valence electrons. The van der Waals surface area contributed by atoms with Gasteiger partial charge in [0, 0.05) is 16.3 Å². The second kappa shape index (κ2) is 7.96. The molecule has 1 N–H and O–H groups in total. The Kier molecular flexibility index (Phi) is 5.35. The minimum absolute atomic E-state index is 0.0962. The maximum atomic E-state index is 12.4. The number of carbonyl (C=O) groups is 1. The van der Waals surface area contributed by atoms with Crippen LogP contribution in [0.25, 0.3) is 22.6 Å². The lowest BCUT2D eigenvalue weighted by molar-refractivity contribution is -0.115. The van der Waals surface area contributed by atoms with E-state index in [9.17, 15) is 4.79 Å². The lowest BCUT2D eigenvalue weighted by Gasteiger charge is -2.18. The highest BCUT2D eigenvalue weighted by atomic mass is 35.5. The number of benzene rings is 3. The van der Waals surface area contributed by atoms with Crippen molar-refractivity contribution in [3.63, 3.8) is 0 Å². The maximum Gasteiger partial charge on any atom is 0.228 e.